The van der Waals surface area contributed by atoms with Gasteiger partial charge in [-0.3, -0.25) is 9.59 Å². The molecule has 3 rings (SSSR count). The van der Waals surface area contributed by atoms with E-state index in [1.54, 1.807) is 12.2 Å². The minimum absolute atomic E-state index is 0.0200. The minimum atomic E-state index is -4.94. The number of amides is 2. The van der Waals surface area contributed by atoms with Crippen LogP contribution in [0.2, 0.25) is 0 Å². The summed E-state index contributed by atoms with van der Waals surface area (Å²) in [5, 5.41) is 5.83. The van der Waals surface area contributed by atoms with Gasteiger partial charge in [-0.05, 0) is 42.5 Å². The van der Waals surface area contributed by atoms with E-state index < -0.39 is 12.1 Å². The molecule has 1 aliphatic rings. The van der Waals surface area contributed by atoms with Crippen molar-refractivity contribution in [2.45, 2.75) is 25.4 Å². The van der Waals surface area contributed by atoms with Gasteiger partial charge in [0.15, 0.2) is 0 Å². The molecule has 146 valence electrons. The van der Waals surface area contributed by atoms with Gasteiger partial charge in [-0.15, -0.1) is 0 Å². The minimum Gasteiger partial charge on any atom is -0.318 e. The van der Waals surface area contributed by atoms with Gasteiger partial charge in [0.2, 0.25) is 5.91 Å². The third-order valence-corrected chi connectivity index (χ3v) is 4.51. The fourth-order valence-electron chi connectivity index (χ4n) is 2.84. The van der Waals surface area contributed by atoms with Crippen LogP contribution in [0.15, 0.2) is 59.7 Å². The third kappa shape index (κ3) is 4.76. The molecule has 0 spiro atoms. The molecule has 0 unspecified atom stereocenters. The normalized spacial score (nSPS) is 19.1. The molecule has 2 aromatic carbocycles. The number of anilines is 1. The monoisotopic (exact) mass is 389 g/mol. The number of rotatable bonds is 5. The molecule has 0 aromatic heterocycles. The molecular weight excluding hydrogens is 371 g/mol. The van der Waals surface area contributed by atoms with E-state index in [4.69, 9.17) is 0 Å². The number of hydrogen-bond donors (Lipinski definition) is 2. The fourth-order valence-corrected chi connectivity index (χ4v) is 2.84. The van der Waals surface area contributed by atoms with Crippen LogP contribution in [0.1, 0.15) is 30.4 Å². The Bertz CT molecular complexity index is 893. The maximum absolute atomic E-state index is 12.3. The second kappa shape index (κ2) is 7.84. The number of hydrazone groups is 1. The lowest BCUT2D eigenvalue weighted by molar-refractivity contribution is -0.167. The summed E-state index contributed by atoms with van der Waals surface area (Å²) < 4.78 is 36.8. The molecule has 2 aromatic rings. The van der Waals surface area contributed by atoms with E-state index in [1.807, 2.05) is 30.3 Å². The van der Waals surface area contributed by atoms with Gasteiger partial charge in [0.1, 0.15) is 0 Å². The van der Waals surface area contributed by atoms with E-state index >= 15 is 0 Å². The summed E-state index contributed by atoms with van der Waals surface area (Å²) in [4.78, 5) is 23.1. The molecule has 2 N–H and O–H groups in total. The molecule has 0 aliphatic heterocycles. The first kappa shape index (κ1) is 19.6. The quantitative estimate of drug-likeness (QED) is 0.603. The second-order valence-electron chi connectivity index (χ2n) is 6.56. The highest BCUT2D eigenvalue weighted by atomic mass is 19.4. The Labute approximate surface area is 159 Å². The number of benzene rings is 2. The Balaban J connectivity index is 1.55. The van der Waals surface area contributed by atoms with Gasteiger partial charge >= 0.3 is 12.1 Å². The van der Waals surface area contributed by atoms with Crippen LogP contribution >= 0.6 is 0 Å². The number of hydrogen-bond acceptors (Lipinski definition) is 3. The Morgan fingerprint density at radius 1 is 1.04 bits per heavy atom. The molecule has 8 heteroatoms. The maximum atomic E-state index is 12.3. The molecule has 0 bridgehead atoms. The van der Waals surface area contributed by atoms with Crippen molar-refractivity contribution in [1.82, 2.24) is 5.43 Å². The predicted octanol–water partition coefficient (Wildman–Crippen LogP) is 3.83. The topological polar surface area (TPSA) is 70.6 Å². The predicted molar refractivity (Wildman–Crippen MR) is 98.8 cm³/mol. The van der Waals surface area contributed by atoms with E-state index in [2.05, 4.69) is 10.5 Å². The van der Waals surface area contributed by atoms with Crippen LogP contribution in [-0.2, 0) is 9.59 Å². The molecule has 0 heterocycles. The van der Waals surface area contributed by atoms with Gasteiger partial charge in [-0.1, -0.05) is 42.5 Å². The van der Waals surface area contributed by atoms with Gasteiger partial charge in [0, 0.05) is 11.6 Å². The molecule has 28 heavy (non-hydrogen) atoms. The highest BCUT2D eigenvalue weighted by Crippen LogP contribution is 2.47. The van der Waals surface area contributed by atoms with Crippen LogP contribution in [0, 0.1) is 5.92 Å². The van der Waals surface area contributed by atoms with Gasteiger partial charge in [-0.2, -0.15) is 18.3 Å². The van der Waals surface area contributed by atoms with Crippen LogP contribution in [-0.4, -0.2) is 23.7 Å². The Kier molecular flexibility index (Phi) is 5.48. The van der Waals surface area contributed by atoms with Crippen molar-refractivity contribution in [3.05, 3.63) is 65.7 Å². The first-order valence-electron chi connectivity index (χ1n) is 8.63. The molecule has 1 aliphatic carbocycles. The Morgan fingerprint density at radius 2 is 1.68 bits per heavy atom. The average Bonchev–Trinajstić information content (AvgIpc) is 3.47. The summed E-state index contributed by atoms with van der Waals surface area (Å²) in [6.45, 7) is 1.67. The van der Waals surface area contributed by atoms with Crippen LogP contribution in [0.5, 0.6) is 0 Å². The second-order valence-corrected chi connectivity index (χ2v) is 6.56. The summed E-state index contributed by atoms with van der Waals surface area (Å²) in [7, 11) is 0. The van der Waals surface area contributed by atoms with Gasteiger partial charge in [0.05, 0.1) is 5.71 Å². The van der Waals surface area contributed by atoms with E-state index in [1.165, 1.54) is 24.3 Å². The summed E-state index contributed by atoms with van der Waals surface area (Å²) in [6.07, 6.45) is -4.17. The molecule has 0 radical (unpaired) electrons. The standard InChI is InChI=1S/C20H18F3N3O2/c1-12(13-7-9-15(10-8-13)24-19(28)20(21,22)23)25-26-18(27)17-11-16(17)14-5-3-2-4-6-14/h2-10,16-17H,11H2,1H3,(H,24,28)(H,26,27)/b25-12+/t16-,17-/m0/s1. The number of carbonyl (C=O) groups excluding carboxylic acids is 2. The molecular formula is C20H18F3N3O2. The summed E-state index contributed by atoms with van der Waals surface area (Å²) in [5.74, 6) is -2.11. The zero-order valence-corrected chi connectivity index (χ0v) is 15.0. The van der Waals surface area contributed by atoms with Gasteiger partial charge < -0.3 is 5.32 Å². The van der Waals surface area contributed by atoms with E-state index in [0.29, 0.717) is 11.3 Å². The zero-order chi connectivity index (χ0) is 20.3. The lowest BCUT2D eigenvalue weighted by atomic mass is 10.1. The molecule has 5 nitrogen and oxygen atoms in total. The largest absolute Gasteiger partial charge is 0.471 e. The maximum Gasteiger partial charge on any atom is 0.471 e. The molecule has 1 saturated carbocycles. The highest BCUT2D eigenvalue weighted by molar-refractivity contribution is 6.00. The van der Waals surface area contributed by atoms with Crippen molar-refractivity contribution in [1.29, 1.82) is 0 Å². The van der Waals surface area contributed by atoms with Crippen LogP contribution in [0.3, 0.4) is 0 Å². The third-order valence-electron chi connectivity index (χ3n) is 4.51. The SMILES string of the molecule is C/C(=N\NC(=O)[C@H]1C[C@H]1c1ccccc1)c1ccc(NC(=O)C(F)(F)F)cc1. The van der Waals surface area contributed by atoms with Crippen molar-refractivity contribution in [2.24, 2.45) is 11.0 Å². The Morgan fingerprint density at radius 3 is 2.29 bits per heavy atom. The number of alkyl halides is 3. The zero-order valence-electron chi connectivity index (χ0n) is 15.0. The van der Waals surface area contributed by atoms with Crippen molar-refractivity contribution in [3.63, 3.8) is 0 Å². The van der Waals surface area contributed by atoms with Crippen LogP contribution in [0.4, 0.5) is 18.9 Å². The number of nitrogens with zero attached hydrogens (tertiary/aromatic N) is 1. The van der Waals surface area contributed by atoms with Gasteiger partial charge in [-0.25, -0.2) is 5.43 Å². The van der Waals surface area contributed by atoms with E-state index in [0.717, 1.165) is 12.0 Å². The number of carbonyl (C=O) groups is 2. The number of halogens is 3. The fraction of sp³-hybridized carbons (Fsp3) is 0.250. The van der Waals surface area contributed by atoms with Crippen LogP contribution in [0.25, 0.3) is 0 Å². The van der Waals surface area contributed by atoms with Gasteiger partial charge in [0.25, 0.3) is 0 Å². The Hall–Kier alpha value is -3.16. The van der Waals surface area contributed by atoms with Crippen molar-refractivity contribution < 1.29 is 22.8 Å². The first-order chi connectivity index (χ1) is 13.3. The van der Waals surface area contributed by atoms with Crippen LogP contribution < -0.4 is 10.7 Å². The van der Waals surface area contributed by atoms with E-state index in [-0.39, 0.29) is 23.4 Å². The van der Waals surface area contributed by atoms with E-state index in [9.17, 15) is 22.8 Å². The van der Waals surface area contributed by atoms with Crippen molar-refractivity contribution >= 4 is 23.2 Å². The highest BCUT2D eigenvalue weighted by Gasteiger charge is 2.43. The lowest BCUT2D eigenvalue weighted by Gasteiger charge is -2.08. The molecule has 2 atom stereocenters. The smallest absolute Gasteiger partial charge is 0.318 e. The number of nitrogens with one attached hydrogen (secondary N) is 2. The molecule has 0 saturated heterocycles. The van der Waals surface area contributed by atoms with Crippen molar-refractivity contribution in [3.8, 4) is 0 Å². The first-order valence-corrected chi connectivity index (χ1v) is 8.63. The molecule has 2 amide bonds. The molecule has 1 fully saturated rings. The summed E-state index contributed by atoms with van der Waals surface area (Å²) in [6, 6.07) is 15.5. The lowest BCUT2D eigenvalue weighted by Crippen LogP contribution is -2.29. The summed E-state index contributed by atoms with van der Waals surface area (Å²) in [5.41, 5.74) is 4.80. The average molecular weight is 389 g/mol. The summed E-state index contributed by atoms with van der Waals surface area (Å²) >= 11 is 0. The van der Waals surface area contributed by atoms with Crippen molar-refractivity contribution in [2.75, 3.05) is 5.32 Å².